The molecule has 1 amide bonds. The van der Waals surface area contributed by atoms with Crippen molar-refractivity contribution in [1.29, 1.82) is 0 Å². The van der Waals surface area contributed by atoms with Gasteiger partial charge in [-0.3, -0.25) is 0 Å². The van der Waals surface area contributed by atoms with Gasteiger partial charge in [0, 0.05) is 31.2 Å². The van der Waals surface area contributed by atoms with E-state index in [4.69, 9.17) is 4.74 Å². The van der Waals surface area contributed by atoms with E-state index < -0.39 is 5.60 Å². The molecule has 0 saturated carbocycles. The molecule has 3 aromatic rings. The minimum absolute atomic E-state index is 0.0619. The molecular weight excluding hydrogens is 404 g/mol. The number of hydrogen-bond donors (Lipinski definition) is 1. The second-order valence-corrected chi connectivity index (χ2v) is 8.25. The number of carbonyl (C=O) groups is 1. The van der Waals surface area contributed by atoms with Crippen molar-refractivity contribution in [2.75, 3.05) is 13.2 Å². The van der Waals surface area contributed by atoms with Crippen molar-refractivity contribution in [3.63, 3.8) is 0 Å². The number of benzene rings is 2. The summed E-state index contributed by atoms with van der Waals surface area (Å²) in [5.41, 5.74) is 3.05. The molecule has 0 bridgehead atoms. The van der Waals surface area contributed by atoms with Crippen LogP contribution in [0.25, 0.3) is 11.1 Å². The maximum Gasteiger partial charge on any atom is 0.411 e. The minimum Gasteiger partial charge on any atom is -0.619 e. The predicted molar refractivity (Wildman–Crippen MR) is 121 cm³/mol. The fourth-order valence-corrected chi connectivity index (χ4v) is 4.41. The van der Waals surface area contributed by atoms with Gasteiger partial charge in [0.1, 0.15) is 5.60 Å². The third-order valence-corrected chi connectivity index (χ3v) is 6.28. The summed E-state index contributed by atoms with van der Waals surface area (Å²) in [5.74, 6) is 0. The second-order valence-electron chi connectivity index (χ2n) is 8.25. The Labute approximate surface area is 188 Å². The van der Waals surface area contributed by atoms with Crippen molar-refractivity contribution in [2.45, 2.75) is 37.8 Å². The molecule has 0 unspecified atom stereocenters. The highest BCUT2D eigenvalue weighted by molar-refractivity contribution is 5.70. The second kappa shape index (κ2) is 9.40. The van der Waals surface area contributed by atoms with Gasteiger partial charge in [-0.1, -0.05) is 54.6 Å². The third kappa shape index (κ3) is 4.46. The highest BCUT2D eigenvalue weighted by atomic mass is 16.6. The zero-order valence-electron chi connectivity index (χ0n) is 18.2. The highest BCUT2D eigenvalue weighted by Gasteiger charge is 2.43. The Morgan fingerprint density at radius 3 is 2.50 bits per heavy atom. The summed E-state index contributed by atoms with van der Waals surface area (Å²) in [7, 11) is 0. The van der Waals surface area contributed by atoms with E-state index >= 15 is 0 Å². The van der Waals surface area contributed by atoms with Crippen LogP contribution in [0.1, 0.15) is 43.4 Å². The summed E-state index contributed by atoms with van der Waals surface area (Å²) in [6, 6.07) is 21.2. The molecule has 6 heteroatoms. The molecule has 1 fully saturated rings. The number of pyridine rings is 1. The zero-order valence-corrected chi connectivity index (χ0v) is 18.2. The molecule has 1 aliphatic heterocycles. The molecule has 2 heterocycles. The average molecular weight is 433 g/mol. The first-order valence-electron chi connectivity index (χ1n) is 11.0. The van der Waals surface area contributed by atoms with Crippen LogP contribution in [-0.2, 0) is 10.3 Å². The summed E-state index contributed by atoms with van der Waals surface area (Å²) in [6.07, 6.45) is 4.48. The third-order valence-electron chi connectivity index (χ3n) is 6.28. The van der Waals surface area contributed by atoms with Gasteiger partial charge in [0.05, 0.1) is 6.04 Å². The smallest absolute Gasteiger partial charge is 0.411 e. The molecular formula is C26H28N2O4. The van der Waals surface area contributed by atoms with Gasteiger partial charge in [-0.15, -0.1) is 0 Å². The Morgan fingerprint density at radius 2 is 1.84 bits per heavy atom. The maximum atomic E-state index is 13.1. The van der Waals surface area contributed by atoms with Gasteiger partial charge < -0.3 is 20.0 Å². The molecule has 0 spiro atoms. The number of aliphatic hydroxyl groups is 1. The van der Waals surface area contributed by atoms with Crippen LogP contribution in [0.2, 0.25) is 0 Å². The Morgan fingerprint density at radius 1 is 1.09 bits per heavy atom. The Kier molecular flexibility index (Phi) is 6.42. The topological polar surface area (TPSA) is 76.7 Å². The molecule has 0 aliphatic carbocycles. The highest BCUT2D eigenvalue weighted by Crippen LogP contribution is 2.40. The van der Waals surface area contributed by atoms with Gasteiger partial charge in [-0.25, -0.2) is 4.79 Å². The van der Waals surface area contributed by atoms with Crippen molar-refractivity contribution >= 4 is 6.09 Å². The van der Waals surface area contributed by atoms with Gasteiger partial charge in [0.15, 0.2) is 12.4 Å². The average Bonchev–Trinajstić information content (AvgIpc) is 2.83. The van der Waals surface area contributed by atoms with Crippen LogP contribution in [0.5, 0.6) is 0 Å². The minimum atomic E-state index is -0.706. The lowest BCUT2D eigenvalue weighted by Gasteiger charge is -2.43. The number of amides is 1. The van der Waals surface area contributed by atoms with E-state index in [2.05, 4.69) is 0 Å². The lowest BCUT2D eigenvalue weighted by Crippen LogP contribution is -2.48. The number of ether oxygens (including phenoxy) is 1. The SMILES string of the molecule is C[C@@H](c1ccc(-c2ccc[n+]([O-])c2)cc1)N1CC[C@](CCCO)(c2ccccc2)OC1=O. The summed E-state index contributed by atoms with van der Waals surface area (Å²) in [4.78, 5) is 14.8. The number of carbonyl (C=O) groups excluding carboxylic acids is 1. The molecule has 2 atom stereocenters. The van der Waals surface area contributed by atoms with Crippen molar-refractivity contribution in [1.82, 2.24) is 4.90 Å². The molecule has 0 radical (unpaired) electrons. The molecule has 1 aromatic heterocycles. The van der Waals surface area contributed by atoms with Gasteiger partial charge in [-0.2, -0.15) is 4.73 Å². The van der Waals surface area contributed by atoms with E-state index in [0.29, 0.717) is 25.8 Å². The number of rotatable bonds is 7. The zero-order chi connectivity index (χ0) is 22.6. The molecule has 32 heavy (non-hydrogen) atoms. The Bertz CT molecular complexity index is 1050. The molecule has 6 nitrogen and oxygen atoms in total. The van der Waals surface area contributed by atoms with Crippen molar-refractivity contribution in [3.8, 4) is 11.1 Å². The summed E-state index contributed by atoms with van der Waals surface area (Å²) < 4.78 is 6.85. The first-order valence-corrected chi connectivity index (χ1v) is 11.0. The lowest BCUT2D eigenvalue weighted by atomic mass is 9.84. The predicted octanol–water partition coefficient (Wildman–Crippen LogP) is 4.56. The fourth-order valence-electron chi connectivity index (χ4n) is 4.41. The van der Waals surface area contributed by atoms with Gasteiger partial charge >= 0.3 is 6.09 Å². The first-order chi connectivity index (χ1) is 15.5. The number of cyclic esters (lactones) is 1. The lowest BCUT2D eigenvalue weighted by molar-refractivity contribution is -0.604. The van der Waals surface area contributed by atoms with Crippen LogP contribution in [0.15, 0.2) is 79.1 Å². The van der Waals surface area contributed by atoms with E-state index in [0.717, 1.165) is 27.0 Å². The van der Waals surface area contributed by atoms with E-state index in [1.807, 2.05) is 67.6 Å². The van der Waals surface area contributed by atoms with E-state index in [9.17, 15) is 15.1 Å². The van der Waals surface area contributed by atoms with Crippen LogP contribution in [-0.4, -0.2) is 29.3 Å². The quantitative estimate of drug-likeness (QED) is 0.439. The number of nitrogens with zero attached hydrogens (tertiary/aromatic N) is 2. The van der Waals surface area contributed by atoms with Crippen molar-refractivity contribution < 1.29 is 19.4 Å². The van der Waals surface area contributed by atoms with Gasteiger partial charge in [-0.05, 0) is 42.5 Å². The van der Waals surface area contributed by atoms with Crippen molar-refractivity contribution in [3.05, 3.63) is 95.5 Å². The number of hydrogen-bond acceptors (Lipinski definition) is 4. The molecule has 1 saturated heterocycles. The summed E-state index contributed by atoms with van der Waals surface area (Å²) in [5, 5.41) is 20.9. The molecule has 2 aromatic carbocycles. The van der Waals surface area contributed by atoms with Crippen molar-refractivity contribution in [2.24, 2.45) is 0 Å². The number of aromatic nitrogens is 1. The maximum absolute atomic E-state index is 13.1. The van der Waals surface area contributed by atoms with Gasteiger partial charge in [0.2, 0.25) is 0 Å². The van der Waals surface area contributed by atoms with Gasteiger partial charge in [0.25, 0.3) is 0 Å². The van der Waals surface area contributed by atoms with E-state index in [1.165, 1.54) is 12.4 Å². The largest absolute Gasteiger partial charge is 0.619 e. The Hall–Kier alpha value is -3.38. The fraction of sp³-hybridized carbons (Fsp3) is 0.308. The van der Waals surface area contributed by atoms with Crippen LogP contribution in [0.4, 0.5) is 4.79 Å². The van der Waals surface area contributed by atoms with Crippen LogP contribution >= 0.6 is 0 Å². The molecule has 4 rings (SSSR count). The molecule has 166 valence electrons. The summed E-state index contributed by atoms with van der Waals surface area (Å²) in [6.45, 7) is 2.62. The van der Waals surface area contributed by atoms with Crippen LogP contribution < -0.4 is 4.73 Å². The molecule has 1 N–H and O–H groups in total. The normalized spacial score (nSPS) is 19.4. The first kappa shape index (κ1) is 21.8. The summed E-state index contributed by atoms with van der Waals surface area (Å²) >= 11 is 0. The van der Waals surface area contributed by atoms with E-state index in [-0.39, 0.29) is 18.7 Å². The standard InChI is InChI=1S/C26H28N2O4/c1-20(21-10-12-22(13-11-21)23-7-5-16-27(31)19-23)28-17-15-26(14-6-18-29,32-25(28)30)24-8-3-2-4-9-24/h2-5,7-13,16,19-20,29H,6,14-15,17-18H2,1H3/t20-,26+/m0/s1. The monoisotopic (exact) mass is 432 g/mol. The number of aliphatic hydroxyl groups excluding tert-OH is 1. The Balaban J connectivity index is 1.51. The molecule has 1 aliphatic rings. The van der Waals surface area contributed by atoms with Crippen LogP contribution in [0.3, 0.4) is 0 Å². The van der Waals surface area contributed by atoms with E-state index in [1.54, 1.807) is 11.0 Å². The van der Waals surface area contributed by atoms with Crippen LogP contribution in [0, 0.1) is 5.21 Å².